The van der Waals surface area contributed by atoms with Crippen LogP contribution in [0.4, 0.5) is 5.69 Å². The number of anilines is 1. The number of sulfonamides is 1. The van der Waals surface area contributed by atoms with E-state index in [1.165, 1.54) is 41.7 Å². The SMILES string of the molecule is CC(=O)NCCC(=O)NC1Cc2ccccc2N(C(=O)c2csc(CN(C)S(=O)(=O)c3ccc(Br)cc3)c2Cl)C1. The number of nitrogens with one attached hydrogen (secondary N) is 2. The lowest BCUT2D eigenvalue weighted by Crippen LogP contribution is -2.50. The second-order valence-electron chi connectivity index (χ2n) is 9.35. The Bertz CT molecular complexity index is 1530. The Morgan fingerprint density at radius 1 is 1.15 bits per heavy atom. The van der Waals surface area contributed by atoms with Crippen molar-refractivity contribution < 1.29 is 22.8 Å². The second kappa shape index (κ2) is 12.8. The fourth-order valence-corrected chi connectivity index (χ4v) is 7.23. The molecule has 0 saturated heterocycles. The zero-order valence-electron chi connectivity index (χ0n) is 21.8. The monoisotopic (exact) mass is 666 g/mol. The van der Waals surface area contributed by atoms with Crippen LogP contribution in [0.2, 0.25) is 5.02 Å². The van der Waals surface area contributed by atoms with E-state index < -0.39 is 10.0 Å². The molecule has 0 fully saturated rings. The summed E-state index contributed by atoms with van der Waals surface area (Å²) in [6.45, 7) is 1.85. The van der Waals surface area contributed by atoms with E-state index in [1.807, 2.05) is 24.3 Å². The summed E-state index contributed by atoms with van der Waals surface area (Å²) in [5.74, 6) is -0.771. The molecular weight excluding hydrogens is 640 g/mol. The van der Waals surface area contributed by atoms with Gasteiger partial charge in [0.05, 0.1) is 21.5 Å². The Balaban J connectivity index is 1.51. The Hall–Kier alpha value is -2.77. The molecule has 1 aromatic heterocycles. The zero-order chi connectivity index (χ0) is 29.0. The van der Waals surface area contributed by atoms with E-state index in [0.29, 0.717) is 11.3 Å². The quantitative estimate of drug-likeness (QED) is 0.355. The molecule has 2 heterocycles. The molecule has 1 atom stereocenters. The molecule has 2 N–H and O–H groups in total. The molecular formula is C27H28BrClN4O5S2. The van der Waals surface area contributed by atoms with Gasteiger partial charge in [-0.2, -0.15) is 4.31 Å². The first-order chi connectivity index (χ1) is 19.0. The molecule has 1 aliphatic heterocycles. The highest BCUT2D eigenvalue weighted by atomic mass is 79.9. The number of amides is 3. The van der Waals surface area contributed by atoms with Crippen LogP contribution in [0.3, 0.4) is 0 Å². The van der Waals surface area contributed by atoms with E-state index in [2.05, 4.69) is 26.6 Å². The molecule has 0 aliphatic carbocycles. The van der Waals surface area contributed by atoms with Crippen LogP contribution >= 0.6 is 38.9 Å². The number of thiophene rings is 1. The minimum Gasteiger partial charge on any atom is -0.356 e. The van der Waals surface area contributed by atoms with Gasteiger partial charge in [0.2, 0.25) is 21.8 Å². The van der Waals surface area contributed by atoms with Crippen LogP contribution in [0.15, 0.2) is 63.3 Å². The van der Waals surface area contributed by atoms with Crippen LogP contribution in [0.1, 0.15) is 34.1 Å². The summed E-state index contributed by atoms with van der Waals surface area (Å²) < 4.78 is 28.1. The van der Waals surface area contributed by atoms with Gasteiger partial charge in [-0.15, -0.1) is 11.3 Å². The average Bonchev–Trinajstić information content (AvgIpc) is 3.27. The molecule has 40 heavy (non-hydrogen) atoms. The highest BCUT2D eigenvalue weighted by Gasteiger charge is 2.32. The van der Waals surface area contributed by atoms with E-state index in [-0.39, 0.29) is 65.3 Å². The number of benzene rings is 2. The van der Waals surface area contributed by atoms with Gasteiger partial charge in [-0.1, -0.05) is 45.7 Å². The second-order valence-corrected chi connectivity index (χ2v) is 13.7. The number of carbonyl (C=O) groups excluding carboxylic acids is 3. The number of nitrogens with zero attached hydrogens (tertiary/aromatic N) is 2. The molecule has 0 bridgehead atoms. The summed E-state index contributed by atoms with van der Waals surface area (Å²) in [6, 6.07) is 13.5. The lowest BCUT2D eigenvalue weighted by Gasteiger charge is -2.35. The fourth-order valence-electron chi connectivity index (χ4n) is 4.39. The third-order valence-corrected chi connectivity index (χ3v) is 10.3. The number of hydrogen-bond acceptors (Lipinski definition) is 6. The summed E-state index contributed by atoms with van der Waals surface area (Å²) in [4.78, 5) is 39.6. The van der Waals surface area contributed by atoms with Crippen molar-refractivity contribution in [3.63, 3.8) is 0 Å². The molecule has 0 radical (unpaired) electrons. The van der Waals surface area contributed by atoms with Gasteiger partial charge in [-0.3, -0.25) is 14.4 Å². The molecule has 9 nitrogen and oxygen atoms in total. The summed E-state index contributed by atoms with van der Waals surface area (Å²) in [6.07, 6.45) is 0.676. The van der Waals surface area contributed by atoms with Crippen molar-refractivity contribution in [2.75, 3.05) is 25.0 Å². The maximum atomic E-state index is 13.8. The van der Waals surface area contributed by atoms with Crippen molar-refractivity contribution in [3.05, 3.63) is 79.4 Å². The first-order valence-electron chi connectivity index (χ1n) is 12.4. The van der Waals surface area contributed by atoms with Gasteiger partial charge in [-0.25, -0.2) is 8.42 Å². The Morgan fingerprint density at radius 2 is 1.85 bits per heavy atom. The van der Waals surface area contributed by atoms with Crippen LogP contribution in [0.25, 0.3) is 0 Å². The van der Waals surface area contributed by atoms with Gasteiger partial charge in [0, 0.05) is 60.4 Å². The molecule has 2 aromatic carbocycles. The maximum Gasteiger partial charge on any atom is 0.260 e. The minimum absolute atomic E-state index is 0.00125. The lowest BCUT2D eigenvalue weighted by molar-refractivity contribution is -0.122. The normalized spacial score (nSPS) is 15.0. The van der Waals surface area contributed by atoms with E-state index >= 15 is 0 Å². The van der Waals surface area contributed by atoms with E-state index in [1.54, 1.807) is 22.4 Å². The van der Waals surface area contributed by atoms with Crippen molar-refractivity contribution >= 4 is 72.3 Å². The van der Waals surface area contributed by atoms with Crippen molar-refractivity contribution in [1.82, 2.24) is 14.9 Å². The highest BCUT2D eigenvalue weighted by Crippen LogP contribution is 2.34. The summed E-state index contributed by atoms with van der Waals surface area (Å²) >= 11 is 11.2. The number of hydrogen-bond donors (Lipinski definition) is 2. The van der Waals surface area contributed by atoms with Gasteiger partial charge in [0.1, 0.15) is 0 Å². The Labute approximate surface area is 250 Å². The van der Waals surface area contributed by atoms with Crippen LogP contribution in [-0.2, 0) is 32.6 Å². The molecule has 3 amide bonds. The molecule has 3 aromatic rings. The van der Waals surface area contributed by atoms with Gasteiger partial charge in [0.25, 0.3) is 5.91 Å². The topological polar surface area (TPSA) is 116 Å². The molecule has 1 unspecified atom stereocenters. The number of carbonyl (C=O) groups is 3. The molecule has 212 valence electrons. The Kier molecular flexibility index (Phi) is 9.68. The molecule has 1 aliphatic rings. The molecule has 13 heteroatoms. The van der Waals surface area contributed by atoms with Gasteiger partial charge < -0.3 is 15.5 Å². The van der Waals surface area contributed by atoms with Crippen molar-refractivity contribution in [1.29, 1.82) is 0 Å². The predicted octanol–water partition coefficient (Wildman–Crippen LogP) is 4.20. The smallest absolute Gasteiger partial charge is 0.260 e. The minimum atomic E-state index is -3.77. The zero-order valence-corrected chi connectivity index (χ0v) is 25.8. The first-order valence-corrected chi connectivity index (χ1v) is 15.9. The third-order valence-electron chi connectivity index (χ3n) is 6.41. The van der Waals surface area contributed by atoms with Crippen molar-refractivity contribution in [2.45, 2.75) is 37.2 Å². The van der Waals surface area contributed by atoms with E-state index in [9.17, 15) is 22.8 Å². The number of rotatable bonds is 9. The molecule has 0 saturated carbocycles. The average molecular weight is 668 g/mol. The van der Waals surface area contributed by atoms with Gasteiger partial charge in [0.15, 0.2) is 0 Å². The summed E-state index contributed by atoms with van der Waals surface area (Å²) in [7, 11) is -2.30. The largest absolute Gasteiger partial charge is 0.356 e. The third kappa shape index (κ3) is 6.92. The molecule has 4 rings (SSSR count). The standard InChI is InChI=1S/C27H28BrClN4O5S2/c1-17(34)30-12-11-25(35)31-20-13-18-5-3-4-6-23(18)33(14-20)27(36)22-16-39-24(26(22)29)15-32(2)40(37,38)21-9-7-19(28)8-10-21/h3-10,16,20H,11-15H2,1-2H3,(H,30,34)(H,31,35). The predicted molar refractivity (Wildman–Crippen MR) is 159 cm³/mol. The van der Waals surface area contributed by atoms with Crippen molar-refractivity contribution in [3.8, 4) is 0 Å². The van der Waals surface area contributed by atoms with Gasteiger partial charge >= 0.3 is 0 Å². The van der Waals surface area contributed by atoms with E-state index in [0.717, 1.165) is 15.7 Å². The highest BCUT2D eigenvalue weighted by molar-refractivity contribution is 9.10. The van der Waals surface area contributed by atoms with Crippen LogP contribution in [-0.4, -0.2) is 56.6 Å². The lowest BCUT2D eigenvalue weighted by atomic mass is 9.97. The molecule has 0 spiro atoms. The van der Waals surface area contributed by atoms with Crippen LogP contribution < -0.4 is 15.5 Å². The van der Waals surface area contributed by atoms with Crippen LogP contribution in [0, 0.1) is 0 Å². The summed E-state index contributed by atoms with van der Waals surface area (Å²) in [5.41, 5.74) is 1.90. The van der Waals surface area contributed by atoms with E-state index in [4.69, 9.17) is 11.6 Å². The number of fused-ring (bicyclic) bond motifs is 1. The van der Waals surface area contributed by atoms with Gasteiger partial charge in [-0.05, 0) is 42.3 Å². The maximum absolute atomic E-state index is 13.8. The Morgan fingerprint density at radius 3 is 2.55 bits per heavy atom. The number of para-hydroxylation sites is 1. The van der Waals surface area contributed by atoms with Crippen molar-refractivity contribution in [2.24, 2.45) is 0 Å². The van der Waals surface area contributed by atoms with Crippen LogP contribution in [0.5, 0.6) is 0 Å². The fraction of sp³-hybridized carbons (Fsp3) is 0.296. The first kappa shape index (κ1) is 30.2. The summed E-state index contributed by atoms with van der Waals surface area (Å²) in [5, 5.41) is 7.40. The number of halogens is 2.